The molecule has 0 atom stereocenters. The molecule has 23 heavy (non-hydrogen) atoms. The van der Waals surface area contributed by atoms with Gasteiger partial charge in [0.1, 0.15) is 10.7 Å². The third-order valence-corrected chi connectivity index (χ3v) is 4.17. The highest BCUT2D eigenvalue weighted by atomic mass is 32.1. The van der Waals surface area contributed by atoms with Gasteiger partial charge in [-0.05, 0) is 22.6 Å². The number of carboxylic acids is 1. The number of carbonyl (C=O) groups is 1. The molecule has 1 aromatic carbocycles. The standard InChI is InChI=1S/C16H16N4O2S/c1-16(2,3)11-6-4-10(5-7-11)14-18-9-12(23-14)8-13(15(21)22)19-20-17/h4-9H,1-3H3,(H,21,22)/b13-8-. The Kier molecular flexibility index (Phi) is 4.83. The summed E-state index contributed by atoms with van der Waals surface area (Å²) < 4.78 is 0. The molecule has 0 radical (unpaired) electrons. The van der Waals surface area contributed by atoms with Crippen LogP contribution in [0.1, 0.15) is 31.2 Å². The second-order valence-corrected chi connectivity index (χ2v) is 6.98. The fourth-order valence-corrected chi connectivity index (χ4v) is 2.77. The van der Waals surface area contributed by atoms with E-state index in [4.69, 9.17) is 10.6 Å². The van der Waals surface area contributed by atoms with Gasteiger partial charge >= 0.3 is 5.97 Å². The van der Waals surface area contributed by atoms with Gasteiger partial charge in [0.2, 0.25) is 0 Å². The van der Waals surface area contributed by atoms with Crippen LogP contribution in [0.3, 0.4) is 0 Å². The summed E-state index contributed by atoms with van der Waals surface area (Å²) in [5, 5.41) is 12.9. The highest BCUT2D eigenvalue weighted by Crippen LogP contribution is 2.29. The summed E-state index contributed by atoms with van der Waals surface area (Å²) in [6.45, 7) is 6.45. The second kappa shape index (κ2) is 6.64. The first-order chi connectivity index (χ1) is 10.8. The smallest absolute Gasteiger partial charge is 0.338 e. The lowest BCUT2D eigenvalue weighted by molar-refractivity contribution is -0.132. The van der Waals surface area contributed by atoms with Crippen LogP contribution in [-0.4, -0.2) is 16.1 Å². The number of carboxylic acid groups (broad SMARTS) is 1. The van der Waals surface area contributed by atoms with Crippen molar-refractivity contribution >= 4 is 23.4 Å². The van der Waals surface area contributed by atoms with Crippen molar-refractivity contribution in [2.24, 2.45) is 5.11 Å². The van der Waals surface area contributed by atoms with E-state index in [0.29, 0.717) is 4.88 Å². The highest BCUT2D eigenvalue weighted by Gasteiger charge is 2.14. The van der Waals surface area contributed by atoms with Crippen LogP contribution >= 0.6 is 11.3 Å². The molecule has 118 valence electrons. The summed E-state index contributed by atoms with van der Waals surface area (Å²) in [6, 6.07) is 8.13. The van der Waals surface area contributed by atoms with E-state index in [0.717, 1.165) is 10.6 Å². The number of azide groups is 1. The monoisotopic (exact) mass is 328 g/mol. The molecule has 0 amide bonds. The average molecular weight is 328 g/mol. The molecule has 1 aromatic heterocycles. The number of hydrogen-bond donors (Lipinski definition) is 1. The van der Waals surface area contributed by atoms with E-state index in [-0.39, 0.29) is 11.1 Å². The minimum atomic E-state index is -1.27. The number of benzene rings is 1. The molecule has 0 aliphatic heterocycles. The van der Waals surface area contributed by atoms with Crippen molar-refractivity contribution < 1.29 is 9.90 Å². The van der Waals surface area contributed by atoms with Crippen LogP contribution in [0, 0.1) is 0 Å². The maximum absolute atomic E-state index is 11.0. The average Bonchev–Trinajstić information content (AvgIpc) is 2.94. The predicted molar refractivity (Wildman–Crippen MR) is 91.0 cm³/mol. The zero-order valence-electron chi connectivity index (χ0n) is 13.0. The highest BCUT2D eigenvalue weighted by molar-refractivity contribution is 7.15. The topological polar surface area (TPSA) is 99.0 Å². The fourth-order valence-electron chi connectivity index (χ4n) is 1.92. The normalized spacial score (nSPS) is 11.9. The van der Waals surface area contributed by atoms with Crippen LogP contribution in [0.2, 0.25) is 0 Å². The Hall–Kier alpha value is -2.63. The van der Waals surface area contributed by atoms with E-state index in [1.165, 1.54) is 23.0 Å². The lowest BCUT2D eigenvalue weighted by Crippen LogP contribution is -2.10. The zero-order valence-corrected chi connectivity index (χ0v) is 13.8. The van der Waals surface area contributed by atoms with Crippen molar-refractivity contribution in [2.75, 3.05) is 0 Å². The Morgan fingerprint density at radius 1 is 1.35 bits per heavy atom. The minimum absolute atomic E-state index is 0.0843. The zero-order chi connectivity index (χ0) is 17.0. The number of nitrogens with zero attached hydrogens (tertiary/aromatic N) is 4. The maximum Gasteiger partial charge on any atom is 0.338 e. The summed E-state index contributed by atoms with van der Waals surface area (Å²) >= 11 is 1.34. The molecular formula is C16H16N4O2S. The van der Waals surface area contributed by atoms with Crippen LogP contribution in [0.25, 0.3) is 27.1 Å². The lowest BCUT2D eigenvalue weighted by Gasteiger charge is -2.18. The number of aromatic nitrogens is 1. The molecule has 0 unspecified atom stereocenters. The van der Waals surface area contributed by atoms with E-state index in [1.54, 1.807) is 6.20 Å². The molecule has 2 aromatic rings. The van der Waals surface area contributed by atoms with Crippen molar-refractivity contribution in [3.05, 3.63) is 57.0 Å². The van der Waals surface area contributed by atoms with Gasteiger partial charge in [-0.25, -0.2) is 9.78 Å². The molecular weight excluding hydrogens is 312 g/mol. The second-order valence-electron chi connectivity index (χ2n) is 5.92. The summed E-state index contributed by atoms with van der Waals surface area (Å²) in [5.74, 6) is -1.27. The van der Waals surface area contributed by atoms with Crippen LogP contribution in [0.5, 0.6) is 0 Å². The van der Waals surface area contributed by atoms with Gasteiger partial charge in [0.05, 0.1) is 0 Å². The largest absolute Gasteiger partial charge is 0.478 e. The Labute approximate surface area is 137 Å². The molecule has 0 saturated heterocycles. The van der Waals surface area contributed by atoms with Gasteiger partial charge in [0, 0.05) is 21.5 Å². The molecule has 0 bridgehead atoms. The molecule has 1 N–H and O–H groups in total. The summed E-state index contributed by atoms with van der Waals surface area (Å²) in [4.78, 5) is 18.4. The molecule has 0 saturated carbocycles. The number of hydrogen-bond acceptors (Lipinski definition) is 4. The molecule has 0 spiro atoms. The van der Waals surface area contributed by atoms with Gasteiger partial charge in [0.25, 0.3) is 0 Å². The van der Waals surface area contributed by atoms with Gasteiger partial charge < -0.3 is 5.11 Å². The number of aliphatic carboxylic acids is 1. The van der Waals surface area contributed by atoms with E-state index in [1.807, 2.05) is 12.1 Å². The van der Waals surface area contributed by atoms with Gasteiger partial charge in [0.15, 0.2) is 0 Å². The van der Waals surface area contributed by atoms with Gasteiger partial charge in [-0.2, -0.15) is 0 Å². The van der Waals surface area contributed by atoms with Crippen molar-refractivity contribution in [1.82, 2.24) is 4.98 Å². The van der Waals surface area contributed by atoms with E-state index in [2.05, 4.69) is 47.9 Å². The van der Waals surface area contributed by atoms with Crippen LogP contribution in [-0.2, 0) is 10.2 Å². The summed E-state index contributed by atoms with van der Waals surface area (Å²) in [5.41, 5.74) is 10.3. The first kappa shape index (κ1) is 16.7. The predicted octanol–water partition coefficient (Wildman–Crippen LogP) is 4.84. The van der Waals surface area contributed by atoms with E-state index in [9.17, 15) is 4.79 Å². The Balaban J connectivity index is 2.30. The third-order valence-electron chi connectivity index (χ3n) is 3.17. The third kappa shape index (κ3) is 4.18. The molecule has 0 aliphatic rings. The van der Waals surface area contributed by atoms with Crippen molar-refractivity contribution in [3.8, 4) is 10.6 Å². The van der Waals surface area contributed by atoms with E-state index < -0.39 is 5.97 Å². The van der Waals surface area contributed by atoms with Crippen LogP contribution in [0.15, 0.2) is 41.3 Å². The fraction of sp³-hybridized carbons (Fsp3) is 0.250. The molecule has 7 heteroatoms. The maximum atomic E-state index is 11.0. The van der Waals surface area contributed by atoms with Gasteiger partial charge in [-0.3, -0.25) is 0 Å². The SMILES string of the molecule is CC(C)(C)c1ccc(-c2ncc(/C=C(\N=[N+]=[N-])C(=O)O)s2)cc1. The number of rotatable bonds is 4. The van der Waals surface area contributed by atoms with Crippen molar-refractivity contribution in [2.45, 2.75) is 26.2 Å². The minimum Gasteiger partial charge on any atom is -0.478 e. The molecule has 1 heterocycles. The molecule has 2 rings (SSSR count). The lowest BCUT2D eigenvalue weighted by atomic mass is 9.87. The Morgan fingerprint density at radius 3 is 2.52 bits per heavy atom. The van der Waals surface area contributed by atoms with E-state index >= 15 is 0 Å². The quantitative estimate of drug-likeness (QED) is 0.376. The first-order valence-corrected chi connectivity index (χ1v) is 7.70. The molecule has 0 aliphatic carbocycles. The molecule has 6 nitrogen and oxygen atoms in total. The first-order valence-electron chi connectivity index (χ1n) is 6.88. The van der Waals surface area contributed by atoms with Gasteiger partial charge in [-0.1, -0.05) is 50.2 Å². The molecule has 0 fully saturated rings. The Bertz CT molecular complexity index is 790. The van der Waals surface area contributed by atoms with Crippen LogP contribution in [0.4, 0.5) is 0 Å². The Morgan fingerprint density at radius 2 is 2.00 bits per heavy atom. The summed E-state index contributed by atoms with van der Waals surface area (Å²) in [6.07, 6.45) is 2.88. The number of thiazole rings is 1. The van der Waals surface area contributed by atoms with Crippen molar-refractivity contribution in [1.29, 1.82) is 0 Å². The van der Waals surface area contributed by atoms with Gasteiger partial charge in [-0.15, -0.1) is 11.3 Å². The summed E-state index contributed by atoms with van der Waals surface area (Å²) in [7, 11) is 0. The van der Waals surface area contributed by atoms with Crippen LogP contribution < -0.4 is 0 Å². The van der Waals surface area contributed by atoms with Crippen molar-refractivity contribution in [3.63, 3.8) is 0 Å².